The molecule has 3 atom stereocenters. The highest BCUT2D eigenvalue weighted by molar-refractivity contribution is 7.99. The average Bonchev–Trinajstić information content (AvgIpc) is 3.33. The Morgan fingerprint density at radius 3 is 2.39 bits per heavy atom. The third-order valence-electron chi connectivity index (χ3n) is 6.37. The molecule has 0 saturated carbocycles. The van der Waals surface area contributed by atoms with Crippen LogP contribution in [0.1, 0.15) is 43.7 Å². The number of carbonyl (C=O) groups excluding carboxylic acids is 4. The summed E-state index contributed by atoms with van der Waals surface area (Å²) in [5, 5.41) is 1.68. The van der Waals surface area contributed by atoms with E-state index in [1.807, 2.05) is 72.8 Å². The number of nitrogens with zero attached hydrogens (tertiary/aromatic N) is 2. The van der Waals surface area contributed by atoms with E-state index in [9.17, 15) is 19.2 Å². The molecule has 3 aromatic rings. The van der Waals surface area contributed by atoms with E-state index >= 15 is 0 Å². The van der Waals surface area contributed by atoms with Crippen LogP contribution in [-0.2, 0) is 30.3 Å². The van der Waals surface area contributed by atoms with Gasteiger partial charge in [0.05, 0.1) is 18.9 Å². The van der Waals surface area contributed by atoms with E-state index in [1.54, 1.807) is 25.7 Å². The summed E-state index contributed by atoms with van der Waals surface area (Å²) in [5.41, 5.74) is 1.08. The van der Waals surface area contributed by atoms with Gasteiger partial charge in [0.15, 0.2) is 0 Å². The van der Waals surface area contributed by atoms with E-state index in [4.69, 9.17) is 4.74 Å². The fraction of sp³-hybridized carbons (Fsp3) is 0.333. The molecule has 0 aliphatic carbocycles. The number of benzene rings is 3. The van der Waals surface area contributed by atoms with Crippen LogP contribution in [0, 0.1) is 0 Å². The first kappa shape index (κ1) is 27.4. The standard InChI is InChI=1S/C30H32N2O5S/c1-30(2,3)37-28(36)17-24(18-33)31(20-34)26-19-38-29(22-11-5-4-6-12-22)32(26)27(35)16-23-14-9-13-21-10-7-8-15-25(21)23/h4-15,18,20,24,26,29H,16-17,19H2,1-3H3/t24-,26+,29?/m0/s1. The van der Waals surface area contributed by atoms with Crippen molar-refractivity contribution in [1.82, 2.24) is 9.80 Å². The highest BCUT2D eigenvalue weighted by Gasteiger charge is 2.43. The molecular formula is C30H32N2O5S. The number of esters is 1. The van der Waals surface area contributed by atoms with Gasteiger partial charge < -0.3 is 19.3 Å². The van der Waals surface area contributed by atoms with E-state index < -0.39 is 23.8 Å². The normalized spacial score (nSPS) is 18.1. The monoisotopic (exact) mass is 532 g/mol. The SMILES string of the molecule is CC(C)(C)OC(=O)C[C@@H](C=O)N(C=O)[C@H]1CSC(c2ccccc2)N1C(=O)Cc1cccc2ccccc12. The van der Waals surface area contributed by atoms with E-state index in [1.165, 1.54) is 16.7 Å². The van der Waals surface area contributed by atoms with Crippen LogP contribution in [0.4, 0.5) is 0 Å². The molecule has 8 heteroatoms. The summed E-state index contributed by atoms with van der Waals surface area (Å²) in [4.78, 5) is 54.0. The van der Waals surface area contributed by atoms with Crippen LogP contribution in [0.15, 0.2) is 72.8 Å². The summed E-state index contributed by atoms with van der Waals surface area (Å²) in [6.07, 6.45) is 0.267. The minimum Gasteiger partial charge on any atom is -0.460 e. The first-order valence-electron chi connectivity index (χ1n) is 12.6. The summed E-state index contributed by atoms with van der Waals surface area (Å²) in [7, 11) is 0. The minimum atomic E-state index is -1.06. The van der Waals surface area contributed by atoms with Crippen LogP contribution in [0.5, 0.6) is 0 Å². The van der Waals surface area contributed by atoms with Crippen molar-refractivity contribution in [3.05, 3.63) is 83.9 Å². The predicted molar refractivity (Wildman–Crippen MR) is 148 cm³/mol. The lowest BCUT2D eigenvalue weighted by Crippen LogP contribution is -2.54. The Balaban J connectivity index is 1.66. The molecule has 1 heterocycles. The summed E-state index contributed by atoms with van der Waals surface area (Å²) in [5.74, 6) is -0.350. The van der Waals surface area contributed by atoms with Crippen molar-refractivity contribution in [3.8, 4) is 0 Å². The number of thioether (sulfide) groups is 1. The van der Waals surface area contributed by atoms with E-state index in [2.05, 4.69) is 0 Å². The molecule has 7 nitrogen and oxygen atoms in total. The van der Waals surface area contributed by atoms with Gasteiger partial charge in [0, 0.05) is 5.75 Å². The third-order valence-corrected chi connectivity index (χ3v) is 7.68. The Bertz CT molecular complexity index is 1300. The van der Waals surface area contributed by atoms with E-state index in [0.717, 1.165) is 21.9 Å². The lowest BCUT2D eigenvalue weighted by atomic mass is 10.0. The molecule has 38 heavy (non-hydrogen) atoms. The Hall–Kier alpha value is -3.65. The lowest BCUT2D eigenvalue weighted by Gasteiger charge is -2.37. The molecule has 198 valence electrons. The number of ether oxygens (including phenoxy) is 1. The van der Waals surface area contributed by atoms with Crippen molar-refractivity contribution in [1.29, 1.82) is 0 Å². The van der Waals surface area contributed by atoms with Crippen LogP contribution >= 0.6 is 11.8 Å². The molecule has 0 radical (unpaired) electrons. The molecule has 1 aliphatic rings. The Labute approximate surface area is 227 Å². The van der Waals surface area contributed by atoms with Gasteiger partial charge in [0.1, 0.15) is 23.4 Å². The van der Waals surface area contributed by atoms with Gasteiger partial charge in [-0.1, -0.05) is 72.8 Å². The third kappa shape index (κ3) is 6.25. The average molecular weight is 533 g/mol. The number of amides is 2. The van der Waals surface area contributed by atoms with Crippen LogP contribution in [-0.4, -0.2) is 57.9 Å². The second-order valence-electron chi connectivity index (χ2n) is 10.2. The fourth-order valence-corrected chi connectivity index (χ4v) is 6.20. The number of hydrogen-bond acceptors (Lipinski definition) is 6. The van der Waals surface area contributed by atoms with Crippen LogP contribution in [0.3, 0.4) is 0 Å². The smallest absolute Gasteiger partial charge is 0.308 e. The Morgan fingerprint density at radius 2 is 1.71 bits per heavy atom. The van der Waals surface area contributed by atoms with E-state index in [-0.39, 0.29) is 24.1 Å². The number of fused-ring (bicyclic) bond motifs is 1. The maximum atomic E-state index is 14.0. The topological polar surface area (TPSA) is 84.0 Å². The molecule has 1 saturated heterocycles. The maximum absolute atomic E-state index is 14.0. The largest absolute Gasteiger partial charge is 0.460 e. The molecule has 0 spiro atoms. The van der Waals surface area contributed by atoms with Gasteiger partial charge in [-0.3, -0.25) is 14.4 Å². The molecule has 1 fully saturated rings. The van der Waals surface area contributed by atoms with Gasteiger partial charge in [0.2, 0.25) is 12.3 Å². The van der Waals surface area contributed by atoms with Gasteiger partial charge >= 0.3 is 5.97 Å². The van der Waals surface area contributed by atoms with Crippen molar-refractivity contribution in [2.45, 2.75) is 56.8 Å². The molecule has 0 bridgehead atoms. The Kier molecular flexibility index (Phi) is 8.52. The highest BCUT2D eigenvalue weighted by Crippen LogP contribution is 2.43. The molecular weight excluding hydrogens is 500 g/mol. The lowest BCUT2D eigenvalue weighted by molar-refractivity contribution is -0.158. The second-order valence-corrected chi connectivity index (χ2v) is 11.4. The van der Waals surface area contributed by atoms with Crippen LogP contribution < -0.4 is 0 Å². The highest BCUT2D eigenvalue weighted by atomic mass is 32.2. The fourth-order valence-electron chi connectivity index (χ4n) is 4.74. The van der Waals surface area contributed by atoms with E-state index in [0.29, 0.717) is 18.4 Å². The summed E-state index contributed by atoms with van der Waals surface area (Å²) in [6.45, 7) is 5.22. The molecule has 4 rings (SSSR count). The number of hydrogen-bond donors (Lipinski definition) is 0. The van der Waals surface area contributed by atoms with Crippen LogP contribution in [0.25, 0.3) is 10.8 Å². The molecule has 1 aliphatic heterocycles. The van der Waals surface area contributed by atoms with Gasteiger partial charge in [0.25, 0.3) is 0 Å². The first-order chi connectivity index (χ1) is 18.2. The van der Waals surface area contributed by atoms with Gasteiger partial charge in [-0.25, -0.2) is 0 Å². The molecule has 1 unspecified atom stereocenters. The quantitative estimate of drug-likeness (QED) is 0.292. The van der Waals surface area contributed by atoms with Crippen molar-refractivity contribution in [2.75, 3.05) is 5.75 Å². The zero-order valence-electron chi connectivity index (χ0n) is 21.8. The summed E-state index contributed by atoms with van der Waals surface area (Å²) in [6, 6.07) is 22.3. The van der Waals surface area contributed by atoms with Crippen molar-refractivity contribution in [2.24, 2.45) is 0 Å². The van der Waals surface area contributed by atoms with Gasteiger partial charge in [-0.15, -0.1) is 11.8 Å². The number of carbonyl (C=O) groups is 4. The van der Waals surface area contributed by atoms with Crippen molar-refractivity contribution in [3.63, 3.8) is 0 Å². The van der Waals surface area contributed by atoms with Gasteiger partial charge in [-0.05, 0) is 42.7 Å². The minimum absolute atomic E-state index is 0.131. The number of rotatable bonds is 9. The predicted octanol–water partition coefficient (Wildman–Crippen LogP) is 4.74. The van der Waals surface area contributed by atoms with Crippen molar-refractivity contribution < 1.29 is 23.9 Å². The summed E-state index contributed by atoms with van der Waals surface area (Å²) >= 11 is 1.53. The van der Waals surface area contributed by atoms with Gasteiger partial charge in [-0.2, -0.15) is 0 Å². The maximum Gasteiger partial charge on any atom is 0.308 e. The van der Waals surface area contributed by atoms with Crippen LogP contribution in [0.2, 0.25) is 0 Å². The zero-order chi connectivity index (χ0) is 27.3. The zero-order valence-corrected chi connectivity index (χ0v) is 22.6. The summed E-state index contributed by atoms with van der Waals surface area (Å²) < 4.78 is 5.39. The van der Waals surface area contributed by atoms with Crippen molar-refractivity contribution >= 4 is 47.1 Å². The number of aldehydes is 1. The first-order valence-corrected chi connectivity index (χ1v) is 13.6. The molecule has 0 N–H and O–H groups in total. The molecule has 0 aromatic heterocycles. The Morgan fingerprint density at radius 1 is 1.03 bits per heavy atom. The second kappa shape index (κ2) is 11.8. The molecule has 3 aromatic carbocycles. The molecule has 2 amide bonds.